The zero-order valence-corrected chi connectivity index (χ0v) is 8.72. The molecule has 0 atom stereocenters. The molecule has 2 heteroatoms. The van der Waals surface area contributed by atoms with Gasteiger partial charge in [0.15, 0.2) is 0 Å². The molecule has 1 heterocycles. The van der Waals surface area contributed by atoms with Crippen LogP contribution >= 0.6 is 0 Å². The maximum Gasteiger partial charge on any atom is 0.0589 e. The molecular weight excluding hydrogens is 162 g/mol. The van der Waals surface area contributed by atoms with Crippen LogP contribution in [0.5, 0.6) is 0 Å². The number of ether oxygens (including phenoxy) is 1. The zero-order chi connectivity index (χ0) is 9.15. The Morgan fingerprint density at radius 2 is 1.85 bits per heavy atom. The lowest BCUT2D eigenvalue weighted by Crippen LogP contribution is -2.42. The number of hydrogen-bond donors (Lipinski definition) is 0. The summed E-state index contributed by atoms with van der Waals surface area (Å²) >= 11 is 0. The van der Waals surface area contributed by atoms with E-state index in [1.54, 1.807) is 7.11 Å². The average Bonchev–Trinajstić information content (AvgIpc) is 2.75. The third-order valence-corrected chi connectivity index (χ3v) is 3.84. The molecule has 1 aliphatic heterocycles. The van der Waals surface area contributed by atoms with Crippen molar-refractivity contribution in [3.63, 3.8) is 0 Å². The summed E-state index contributed by atoms with van der Waals surface area (Å²) in [6.45, 7) is 3.36. The van der Waals surface area contributed by atoms with Crippen LogP contribution in [0.25, 0.3) is 0 Å². The van der Waals surface area contributed by atoms with E-state index in [9.17, 15) is 0 Å². The quantitative estimate of drug-likeness (QED) is 0.664. The van der Waals surface area contributed by atoms with Gasteiger partial charge in [0.05, 0.1) is 6.61 Å². The minimum absolute atomic E-state index is 0.610. The van der Waals surface area contributed by atoms with Crippen LogP contribution in [0.15, 0.2) is 0 Å². The number of rotatable bonds is 3. The highest BCUT2D eigenvalue weighted by Gasteiger charge is 2.42. The van der Waals surface area contributed by atoms with Crippen LogP contribution in [-0.4, -0.2) is 37.2 Å². The van der Waals surface area contributed by atoms with Gasteiger partial charge in [0.1, 0.15) is 0 Å². The second kappa shape index (κ2) is 3.97. The normalized spacial score (nSPS) is 27.5. The Balaban J connectivity index is 1.93. The predicted octanol–water partition coefficient (Wildman–Crippen LogP) is 2.04. The molecule has 13 heavy (non-hydrogen) atoms. The summed E-state index contributed by atoms with van der Waals surface area (Å²) < 4.78 is 5.16. The summed E-state index contributed by atoms with van der Waals surface area (Å²) in [6.07, 6.45) is 8.63. The predicted molar refractivity (Wildman–Crippen MR) is 53.9 cm³/mol. The molecule has 2 rings (SSSR count). The zero-order valence-electron chi connectivity index (χ0n) is 8.72. The smallest absolute Gasteiger partial charge is 0.0589 e. The molecule has 0 amide bonds. The maximum atomic E-state index is 5.16. The molecule has 1 aliphatic carbocycles. The van der Waals surface area contributed by atoms with E-state index in [1.807, 2.05) is 0 Å². The van der Waals surface area contributed by atoms with Gasteiger partial charge in [-0.2, -0.15) is 0 Å². The molecule has 76 valence electrons. The average molecular weight is 183 g/mol. The van der Waals surface area contributed by atoms with Crippen molar-refractivity contribution in [3.8, 4) is 0 Å². The Morgan fingerprint density at radius 1 is 1.15 bits per heavy atom. The van der Waals surface area contributed by atoms with Crippen molar-refractivity contribution in [3.05, 3.63) is 0 Å². The molecule has 1 saturated heterocycles. The third kappa shape index (κ3) is 1.75. The molecule has 0 bridgehead atoms. The lowest BCUT2D eigenvalue weighted by Gasteiger charge is -2.34. The first-order valence-corrected chi connectivity index (χ1v) is 5.61. The summed E-state index contributed by atoms with van der Waals surface area (Å²) in [5, 5.41) is 0. The highest BCUT2D eigenvalue weighted by molar-refractivity contribution is 4.98. The lowest BCUT2D eigenvalue weighted by atomic mass is 9.94. The molecule has 2 nitrogen and oxygen atoms in total. The first-order valence-electron chi connectivity index (χ1n) is 5.61. The molecule has 0 N–H and O–H groups in total. The molecular formula is C11H21NO. The molecule has 2 fully saturated rings. The van der Waals surface area contributed by atoms with Gasteiger partial charge in [-0.3, -0.25) is 4.90 Å². The fourth-order valence-corrected chi connectivity index (χ4v) is 3.14. The summed E-state index contributed by atoms with van der Waals surface area (Å²) in [5.74, 6) is 0. The monoisotopic (exact) mass is 183 g/mol. The number of methoxy groups -OCH3 is 1. The van der Waals surface area contributed by atoms with E-state index in [1.165, 1.54) is 45.1 Å². The van der Waals surface area contributed by atoms with Crippen LogP contribution in [0.2, 0.25) is 0 Å². The lowest BCUT2D eigenvalue weighted by molar-refractivity contribution is 0.0930. The van der Waals surface area contributed by atoms with E-state index in [-0.39, 0.29) is 0 Å². The number of hydrogen-bond acceptors (Lipinski definition) is 2. The van der Waals surface area contributed by atoms with Gasteiger partial charge < -0.3 is 4.74 Å². The van der Waals surface area contributed by atoms with E-state index in [2.05, 4.69) is 4.90 Å². The van der Waals surface area contributed by atoms with Gasteiger partial charge in [0.2, 0.25) is 0 Å². The Hall–Kier alpha value is -0.0800. The Morgan fingerprint density at radius 3 is 2.54 bits per heavy atom. The topological polar surface area (TPSA) is 12.5 Å². The van der Waals surface area contributed by atoms with Gasteiger partial charge in [-0.05, 0) is 32.2 Å². The fourth-order valence-electron chi connectivity index (χ4n) is 3.14. The van der Waals surface area contributed by atoms with Crippen LogP contribution in [0, 0.1) is 0 Å². The Kier molecular flexibility index (Phi) is 2.89. The second-order valence-corrected chi connectivity index (χ2v) is 4.51. The SMILES string of the molecule is COCCN1CCCC12CCCC2. The van der Waals surface area contributed by atoms with Crippen molar-refractivity contribution in [2.75, 3.05) is 26.8 Å². The van der Waals surface area contributed by atoms with Crippen molar-refractivity contribution >= 4 is 0 Å². The summed E-state index contributed by atoms with van der Waals surface area (Å²) in [5.41, 5.74) is 0.610. The van der Waals surface area contributed by atoms with E-state index >= 15 is 0 Å². The van der Waals surface area contributed by atoms with Crippen LogP contribution in [-0.2, 0) is 4.74 Å². The second-order valence-electron chi connectivity index (χ2n) is 4.51. The van der Waals surface area contributed by atoms with Crippen LogP contribution in [0.4, 0.5) is 0 Å². The first-order chi connectivity index (χ1) is 6.37. The van der Waals surface area contributed by atoms with Crippen LogP contribution < -0.4 is 0 Å². The molecule has 1 saturated carbocycles. The highest BCUT2D eigenvalue weighted by atomic mass is 16.5. The Bertz CT molecular complexity index is 158. The van der Waals surface area contributed by atoms with Gasteiger partial charge in [-0.25, -0.2) is 0 Å². The van der Waals surface area contributed by atoms with E-state index in [4.69, 9.17) is 4.74 Å². The molecule has 0 radical (unpaired) electrons. The van der Waals surface area contributed by atoms with Crippen LogP contribution in [0.3, 0.4) is 0 Å². The Labute approximate surface area is 81.3 Å². The van der Waals surface area contributed by atoms with Crippen molar-refractivity contribution in [1.82, 2.24) is 4.90 Å². The maximum absolute atomic E-state index is 5.16. The van der Waals surface area contributed by atoms with E-state index < -0.39 is 0 Å². The van der Waals surface area contributed by atoms with Crippen molar-refractivity contribution in [1.29, 1.82) is 0 Å². The standard InChI is InChI=1S/C11H21NO/c1-13-10-9-12-8-4-7-11(12)5-2-3-6-11/h2-10H2,1H3. The van der Waals surface area contributed by atoms with Crippen molar-refractivity contribution in [2.45, 2.75) is 44.1 Å². The highest BCUT2D eigenvalue weighted by Crippen LogP contribution is 2.42. The fraction of sp³-hybridized carbons (Fsp3) is 1.00. The molecule has 0 aromatic heterocycles. The summed E-state index contributed by atoms with van der Waals surface area (Å²) in [4.78, 5) is 2.68. The largest absolute Gasteiger partial charge is 0.383 e. The number of nitrogens with zero attached hydrogens (tertiary/aromatic N) is 1. The van der Waals surface area contributed by atoms with Gasteiger partial charge in [-0.15, -0.1) is 0 Å². The minimum atomic E-state index is 0.610. The minimum Gasteiger partial charge on any atom is -0.383 e. The number of likely N-dealkylation sites (tertiary alicyclic amines) is 1. The molecule has 2 aliphatic rings. The molecule has 1 spiro atoms. The van der Waals surface area contributed by atoms with Crippen LogP contribution in [0.1, 0.15) is 38.5 Å². The molecule has 0 aromatic carbocycles. The summed E-state index contributed by atoms with van der Waals surface area (Å²) in [7, 11) is 1.80. The van der Waals surface area contributed by atoms with Crippen molar-refractivity contribution in [2.24, 2.45) is 0 Å². The van der Waals surface area contributed by atoms with E-state index in [0.717, 1.165) is 13.2 Å². The van der Waals surface area contributed by atoms with Gasteiger partial charge in [0, 0.05) is 19.2 Å². The molecule has 0 aromatic rings. The first kappa shape index (κ1) is 9.47. The van der Waals surface area contributed by atoms with Gasteiger partial charge >= 0.3 is 0 Å². The summed E-state index contributed by atoms with van der Waals surface area (Å²) in [6, 6.07) is 0. The molecule has 0 unspecified atom stereocenters. The van der Waals surface area contributed by atoms with Gasteiger partial charge in [-0.1, -0.05) is 12.8 Å². The third-order valence-electron chi connectivity index (χ3n) is 3.84. The van der Waals surface area contributed by atoms with E-state index in [0.29, 0.717) is 5.54 Å². The van der Waals surface area contributed by atoms with Gasteiger partial charge in [0.25, 0.3) is 0 Å². The van der Waals surface area contributed by atoms with Crippen molar-refractivity contribution < 1.29 is 4.74 Å².